The van der Waals surface area contributed by atoms with Gasteiger partial charge in [0.1, 0.15) is 0 Å². The molecule has 1 aliphatic heterocycles. The van der Waals surface area contributed by atoms with Gasteiger partial charge < -0.3 is 10.2 Å². The second kappa shape index (κ2) is 5.45. The van der Waals surface area contributed by atoms with E-state index < -0.39 is 0 Å². The van der Waals surface area contributed by atoms with E-state index >= 15 is 0 Å². The van der Waals surface area contributed by atoms with Crippen LogP contribution >= 0.6 is 0 Å². The number of carbonyl (C=O) groups is 2. The summed E-state index contributed by atoms with van der Waals surface area (Å²) in [4.78, 5) is 29.5. The smallest absolute Gasteiger partial charge is 0.237 e. The molecular weight excluding hydrogens is 302 g/mol. The van der Waals surface area contributed by atoms with Crippen molar-refractivity contribution >= 4 is 11.8 Å². The largest absolute Gasteiger partial charge is 0.351 e. The van der Waals surface area contributed by atoms with Crippen LogP contribution in [0.4, 0.5) is 0 Å². The summed E-state index contributed by atoms with van der Waals surface area (Å²) in [6.45, 7) is 5.89. The Kier molecular flexibility index (Phi) is 3.72. The normalized spacial score (nSPS) is 40.5. The van der Waals surface area contributed by atoms with Crippen LogP contribution in [0, 0.1) is 29.1 Å². The number of carbonyl (C=O) groups excluding carboxylic acids is 2. The maximum Gasteiger partial charge on any atom is 0.237 e. The second-order valence-corrected chi connectivity index (χ2v) is 9.17. The standard InChI is InChI=1S/C19H31N3O2/c1-11(2)16(21(3)4)17(23)20-15-13-9-22(10-14(13)15)18(24)19-7-5-6-12(19)8-19/h11-16H,5-10H2,1-4H3,(H,20,23)/t12-,13-,14+,15?,16+,19-/m1/s1. The molecule has 1 heterocycles. The van der Waals surface area contributed by atoms with Crippen molar-refractivity contribution in [3.8, 4) is 0 Å². The predicted molar refractivity (Wildman–Crippen MR) is 92.2 cm³/mol. The van der Waals surface area contributed by atoms with Gasteiger partial charge in [-0.2, -0.15) is 0 Å². The highest BCUT2D eigenvalue weighted by molar-refractivity contribution is 5.87. The van der Waals surface area contributed by atoms with Gasteiger partial charge in [0.15, 0.2) is 0 Å². The average Bonchev–Trinajstić information content (AvgIpc) is 3.21. The minimum absolute atomic E-state index is 0.0448. The van der Waals surface area contributed by atoms with Gasteiger partial charge in [-0.3, -0.25) is 14.5 Å². The molecule has 6 atom stereocenters. The van der Waals surface area contributed by atoms with Crippen LogP contribution in [0.1, 0.15) is 39.5 Å². The number of hydrogen-bond donors (Lipinski definition) is 1. The van der Waals surface area contributed by atoms with Crippen LogP contribution in [-0.4, -0.2) is 60.9 Å². The van der Waals surface area contributed by atoms with E-state index in [1.165, 1.54) is 12.8 Å². The van der Waals surface area contributed by atoms with Gasteiger partial charge >= 0.3 is 0 Å². The van der Waals surface area contributed by atoms with Crippen molar-refractivity contribution in [2.24, 2.45) is 29.1 Å². The Morgan fingerprint density at radius 1 is 1.21 bits per heavy atom. The monoisotopic (exact) mass is 333 g/mol. The number of hydrogen-bond acceptors (Lipinski definition) is 3. The van der Waals surface area contributed by atoms with E-state index in [0.29, 0.717) is 35.6 Å². The Labute approximate surface area is 145 Å². The molecule has 5 nitrogen and oxygen atoms in total. The lowest BCUT2D eigenvalue weighted by Gasteiger charge is -2.28. The number of fused-ring (bicyclic) bond motifs is 2. The molecule has 5 heteroatoms. The fourth-order valence-electron chi connectivity index (χ4n) is 5.70. The molecule has 4 rings (SSSR count). The van der Waals surface area contributed by atoms with Crippen molar-refractivity contribution in [2.75, 3.05) is 27.2 Å². The van der Waals surface area contributed by atoms with Crippen molar-refractivity contribution in [2.45, 2.75) is 51.6 Å². The number of likely N-dealkylation sites (N-methyl/N-ethyl adjacent to an activating group) is 1. The predicted octanol–water partition coefficient (Wildman–Crippen LogP) is 1.34. The third kappa shape index (κ3) is 2.39. The first-order chi connectivity index (χ1) is 11.3. The molecule has 134 valence electrons. The van der Waals surface area contributed by atoms with Gasteiger partial charge in [-0.1, -0.05) is 20.3 Å². The quantitative estimate of drug-likeness (QED) is 0.826. The Morgan fingerprint density at radius 3 is 2.33 bits per heavy atom. The van der Waals surface area contributed by atoms with E-state index in [9.17, 15) is 9.59 Å². The maximum absolute atomic E-state index is 12.8. The lowest BCUT2D eigenvalue weighted by Crippen LogP contribution is -2.49. The van der Waals surface area contributed by atoms with Gasteiger partial charge in [0.2, 0.25) is 11.8 Å². The fourth-order valence-corrected chi connectivity index (χ4v) is 5.70. The number of rotatable bonds is 5. The first-order valence-electron chi connectivity index (χ1n) is 9.61. The molecule has 0 bridgehead atoms. The minimum atomic E-state index is -0.0753. The Hall–Kier alpha value is -1.10. The summed E-state index contributed by atoms with van der Waals surface area (Å²) in [5.74, 6) is 2.53. The molecule has 4 fully saturated rings. The van der Waals surface area contributed by atoms with E-state index in [4.69, 9.17) is 0 Å². The van der Waals surface area contributed by atoms with Crippen LogP contribution in [0.15, 0.2) is 0 Å². The van der Waals surface area contributed by atoms with Crippen molar-refractivity contribution in [3.05, 3.63) is 0 Å². The number of piperidine rings is 1. The molecule has 24 heavy (non-hydrogen) atoms. The summed E-state index contributed by atoms with van der Waals surface area (Å²) in [6.07, 6.45) is 4.74. The summed E-state index contributed by atoms with van der Waals surface area (Å²) in [5, 5.41) is 3.25. The molecule has 0 aromatic rings. The third-order valence-electron chi connectivity index (χ3n) is 7.08. The fraction of sp³-hybridized carbons (Fsp3) is 0.895. The van der Waals surface area contributed by atoms with Gasteiger partial charge in [-0.25, -0.2) is 0 Å². The van der Waals surface area contributed by atoms with Crippen molar-refractivity contribution in [1.82, 2.24) is 15.1 Å². The van der Waals surface area contributed by atoms with E-state index in [-0.39, 0.29) is 17.4 Å². The summed E-state index contributed by atoms with van der Waals surface area (Å²) in [5.41, 5.74) is 0.0448. The topological polar surface area (TPSA) is 52.7 Å². The molecule has 3 aliphatic carbocycles. The third-order valence-corrected chi connectivity index (χ3v) is 7.08. The van der Waals surface area contributed by atoms with E-state index in [1.807, 2.05) is 19.0 Å². The summed E-state index contributed by atoms with van der Waals surface area (Å²) in [6, 6.07) is 0.215. The zero-order valence-corrected chi connectivity index (χ0v) is 15.4. The maximum atomic E-state index is 12.8. The molecule has 4 aliphatic rings. The zero-order chi connectivity index (χ0) is 17.2. The Bertz CT molecular complexity index is 541. The van der Waals surface area contributed by atoms with Crippen LogP contribution in [-0.2, 0) is 9.59 Å². The highest BCUT2D eigenvalue weighted by atomic mass is 16.2. The van der Waals surface area contributed by atoms with Crippen LogP contribution in [0.2, 0.25) is 0 Å². The van der Waals surface area contributed by atoms with Crippen molar-refractivity contribution in [1.29, 1.82) is 0 Å². The van der Waals surface area contributed by atoms with Gasteiger partial charge in [-0.05, 0) is 45.2 Å². The summed E-state index contributed by atoms with van der Waals surface area (Å²) >= 11 is 0. The molecule has 3 saturated carbocycles. The van der Waals surface area contributed by atoms with Gasteiger partial charge in [0, 0.05) is 31.0 Å². The highest BCUT2D eigenvalue weighted by Crippen LogP contribution is 2.65. The minimum Gasteiger partial charge on any atom is -0.351 e. The lowest BCUT2D eigenvalue weighted by atomic mass is 10.0. The molecule has 0 aromatic heterocycles. The molecule has 1 saturated heterocycles. The van der Waals surface area contributed by atoms with Crippen molar-refractivity contribution < 1.29 is 9.59 Å². The highest BCUT2D eigenvalue weighted by Gasteiger charge is 2.66. The molecule has 2 amide bonds. The van der Waals surface area contributed by atoms with Gasteiger partial charge in [-0.15, -0.1) is 0 Å². The second-order valence-electron chi connectivity index (χ2n) is 9.17. The molecule has 0 radical (unpaired) electrons. The molecule has 0 aromatic carbocycles. The number of nitrogens with one attached hydrogen (secondary N) is 1. The molecular formula is C19H31N3O2. The van der Waals surface area contributed by atoms with Gasteiger partial charge in [0.05, 0.1) is 11.5 Å². The number of likely N-dealkylation sites (tertiary alicyclic amines) is 1. The van der Waals surface area contributed by atoms with Crippen LogP contribution in [0.5, 0.6) is 0 Å². The van der Waals surface area contributed by atoms with E-state index in [1.54, 1.807) is 0 Å². The van der Waals surface area contributed by atoms with E-state index in [2.05, 4.69) is 24.1 Å². The van der Waals surface area contributed by atoms with Gasteiger partial charge in [0.25, 0.3) is 0 Å². The Morgan fingerprint density at radius 2 is 1.88 bits per heavy atom. The molecule has 1 N–H and O–H groups in total. The lowest BCUT2D eigenvalue weighted by molar-refractivity contribution is -0.136. The number of amides is 2. The van der Waals surface area contributed by atoms with Crippen molar-refractivity contribution in [3.63, 3.8) is 0 Å². The molecule has 1 unspecified atom stereocenters. The summed E-state index contributed by atoms with van der Waals surface area (Å²) in [7, 11) is 3.93. The number of nitrogens with zero attached hydrogens (tertiary/aromatic N) is 2. The zero-order valence-electron chi connectivity index (χ0n) is 15.4. The van der Waals surface area contributed by atoms with Crippen LogP contribution in [0.3, 0.4) is 0 Å². The van der Waals surface area contributed by atoms with Crippen LogP contribution in [0.25, 0.3) is 0 Å². The SMILES string of the molecule is CC(C)[C@@H](C(=O)NC1[C@H]2CN(C(=O)[C@@]34CCC[C@@H]3C4)C[C@@H]12)N(C)C. The van der Waals surface area contributed by atoms with Crippen LogP contribution < -0.4 is 5.32 Å². The van der Waals surface area contributed by atoms with E-state index in [0.717, 1.165) is 25.9 Å². The average molecular weight is 333 g/mol. The first-order valence-corrected chi connectivity index (χ1v) is 9.61. The Balaban J connectivity index is 1.30. The first kappa shape index (κ1) is 16.4. The molecule has 0 spiro atoms. The summed E-state index contributed by atoms with van der Waals surface area (Å²) < 4.78 is 0.